The SMILES string of the molecule is CCc1cnc([C@H](Cc2ccc(NS(=O)[O-])cc2)NC(=O)Cc2ccccc2)[nH]1. The Morgan fingerprint density at radius 1 is 1.14 bits per heavy atom. The van der Waals surface area contributed by atoms with Crippen LogP contribution in [0.2, 0.25) is 0 Å². The van der Waals surface area contributed by atoms with Gasteiger partial charge in [-0.25, -0.2) is 4.98 Å². The molecule has 0 radical (unpaired) electrons. The van der Waals surface area contributed by atoms with Crippen molar-refractivity contribution in [2.75, 3.05) is 4.72 Å². The van der Waals surface area contributed by atoms with Gasteiger partial charge in [-0.2, -0.15) is 0 Å². The molecule has 7 nitrogen and oxygen atoms in total. The third-order valence-electron chi connectivity index (χ3n) is 4.50. The topological polar surface area (TPSA) is 110 Å². The minimum absolute atomic E-state index is 0.0873. The normalized spacial score (nSPS) is 12.9. The highest BCUT2D eigenvalue weighted by molar-refractivity contribution is 7.80. The van der Waals surface area contributed by atoms with E-state index in [1.54, 1.807) is 18.3 Å². The number of aromatic nitrogens is 2. The molecule has 1 heterocycles. The number of H-pyrrole nitrogens is 1. The molecule has 29 heavy (non-hydrogen) atoms. The van der Waals surface area contributed by atoms with Crippen molar-refractivity contribution in [1.29, 1.82) is 0 Å². The van der Waals surface area contributed by atoms with Crippen LogP contribution < -0.4 is 10.0 Å². The number of imidazole rings is 1. The molecular weight excluding hydrogens is 388 g/mol. The number of hydrogen-bond acceptors (Lipinski definition) is 4. The summed E-state index contributed by atoms with van der Waals surface area (Å²) in [5, 5.41) is 3.07. The number of nitrogens with zero attached hydrogens (tertiary/aromatic N) is 1. The van der Waals surface area contributed by atoms with Crippen LogP contribution in [0.4, 0.5) is 5.69 Å². The molecule has 2 atom stereocenters. The van der Waals surface area contributed by atoms with E-state index in [0.29, 0.717) is 17.9 Å². The number of amides is 1. The lowest BCUT2D eigenvalue weighted by molar-refractivity contribution is -0.121. The van der Waals surface area contributed by atoms with Gasteiger partial charge in [0.05, 0.1) is 12.5 Å². The first-order chi connectivity index (χ1) is 14.0. The van der Waals surface area contributed by atoms with Crippen LogP contribution in [0.25, 0.3) is 0 Å². The number of aromatic amines is 1. The first-order valence-electron chi connectivity index (χ1n) is 9.35. The third-order valence-corrected chi connectivity index (χ3v) is 4.90. The van der Waals surface area contributed by atoms with Gasteiger partial charge < -0.3 is 19.6 Å². The Labute approximate surface area is 172 Å². The molecule has 3 aromatic rings. The van der Waals surface area contributed by atoms with Crippen molar-refractivity contribution in [2.45, 2.75) is 32.2 Å². The quantitative estimate of drug-likeness (QED) is 0.470. The van der Waals surface area contributed by atoms with Crippen LogP contribution in [0, 0.1) is 0 Å². The Balaban J connectivity index is 1.74. The summed E-state index contributed by atoms with van der Waals surface area (Å²) in [7, 11) is 0. The molecule has 0 spiro atoms. The van der Waals surface area contributed by atoms with Crippen molar-refractivity contribution >= 4 is 22.9 Å². The first kappa shape index (κ1) is 20.8. The molecule has 0 fully saturated rings. The summed E-state index contributed by atoms with van der Waals surface area (Å²) in [6, 6.07) is 16.3. The minimum Gasteiger partial charge on any atom is -0.755 e. The Bertz CT molecular complexity index is 958. The van der Waals surface area contributed by atoms with Crippen LogP contribution in [0.5, 0.6) is 0 Å². The smallest absolute Gasteiger partial charge is 0.225 e. The van der Waals surface area contributed by atoms with Crippen LogP contribution >= 0.6 is 0 Å². The Kier molecular flexibility index (Phi) is 7.15. The molecule has 1 amide bonds. The van der Waals surface area contributed by atoms with Crippen LogP contribution in [0.15, 0.2) is 60.8 Å². The first-order valence-corrected chi connectivity index (χ1v) is 10.4. The van der Waals surface area contributed by atoms with E-state index in [2.05, 4.69) is 20.0 Å². The summed E-state index contributed by atoms with van der Waals surface area (Å²) < 4.78 is 23.8. The van der Waals surface area contributed by atoms with Gasteiger partial charge in [0.15, 0.2) is 0 Å². The molecule has 0 bridgehead atoms. The standard InChI is InChI=1S/C21H24N4O3S/c1-2-17-14-22-21(23-17)19(24-20(26)13-15-6-4-3-5-7-15)12-16-8-10-18(11-9-16)25-29(27)28/h3-11,14,19,25H,2,12-13H2,1H3,(H,22,23)(H,24,26)(H,27,28)/p-1/t19-/m0/s1. The monoisotopic (exact) mass is 411 g/mol. The summed E-state index contributed by atoms with van der Waals surface area (Å²) in [6.45, 7) is 2.03. The van der Waals surface area contributed by atoms with E-state index < -0.39 is 11.3 Å². The van der Waals surface area contributed by atoms with Crippen molar-refractivity contribution in [3.05, 3.63) is 83.4 Å². The lowest BCUT2D eigenvalue weighted by atomic mass is 10.0. The fourth-order valence-electron chi connectivity index (χ4n) is 3.02. The van der Waals surface area contributed by atoms with Gasteiger partial charge in [-0.3, -0.25) is 9.00 Å². The number of anilines is 1. The molecule has 3 rings (SSSR count). The lowest BCUT2D eigenvalue weighted by Crippen LogP contribution is -2.32. The molecule has 3 N–H and O–H groups in total. The van der Waals surface area contributed by atoms with Gasteiger partial charge >= 0.3 is 0 Å². The number of carbonyl (C=O) groups is 1. The van der Waals surface area contributed by atoms with Crippen LogP contribution in [-0.2, 0) is 35.3 Å². The molecule has 0 aliphatic carbocycles. The fourth-order valence-corrected chi connectivity index (χ4v) is 3.35. The second kappa shape index (κ2) is 9.99. The molecule has 0 aliphatic heterocycles. The minimum atomic E-state index is -2.36. The van der Waals surface area contributed by atoms with Crippen LogP contribution in [-0.4, -0.2) is 24.6 Å². The van der Waals surface area contributed by atoms with Crippen molar-refractivity contribution in [2.24, 2.45) is 0 Å². The number of benzene rings is 2. The van der Waals surface area contributed by atoms with Gasteiger partial charge in [-0.05, 0) is 36.1 Å². The lowest BCUT2D eigenvalue weighted by Gasteiger charge is -2.18. The van der Waals surface area contributed by atoms with E-state index in [-0.39, 0.29) is 18.4 Å². The van der Waals surface area contributed by atoms with E-state index >= 15 is 0 Å². The number of hydrogen-bond donors (Lipinski definition) is 3. The van der Waals surface area contributed by atoms with Gasteiger partial charge in [-0.1, -0.05) is 49.4 Å². The molecular formula is C21H23N4O3S-. The van der Waals surface area contributed by atoms with E-state index in [9.17, 15) is 13.6 Å². The van der Waals surface area contributed by atoms with Gasteiger partial charge in [-0.15, -0.1) is 0 Å². The van der Waals surface area contributed by atoms with Gasteiger partial charge in [0.1, 0.15) is 5.82 Å². The molecule has 1 unspecified atom stereocenters. The molecule has 152 valence electrons. The Hall–Kier alpha value is -2.97. The van der Waals surface area contributed by atoms with E-state index in [1.165, 1.54) is 0 Å². The van der Waals surface area contributed by atoms with Gasteiger partial charge in [0, 0.05) is 28.8 Å². The van der Waals surface area contributed by atoms with E-state index in [1.807, 2.05) is 49.4 Å². The van der Waals surface area contributed by atoms with E-state index in [4.69, 9.17) is 0 Å². The summed E-state index contributed by atoms with van der Waals surface area (Å²) in [4.78, 5) is 20.3. The summed E-state index contributed by atoms with van der Waals surface area (Å²) in [5.74, 6) is 0.613. The summed E-state index contributed by atoms with van der Waals surface area (Å²) in [5.41, 5.74) is 3.38. The molecule has 2 aromatic carbocycles. The Morgan fingerprint density at radius 3 is 2.48 bits per heavy atom. The van der Waals surface area contributed by atoms with Crippen molar-refractivity contribution < 1.29 is 13.6 Å². The maximum atomic E-state index is 12.6. The second-order valence-corrected chi connectivity index (χ2v) is 7.34. The molecule has 8 heteroatoms. The maximum absolute atomic E-state index is 12.6. The highest BCUT2D eigenvalue weighted by atomic mass is 32.2. The highest BCUT2D eigenvalue weighted by Crippen LogP contribution is 2.19. The molecule has 0 saturated carbocycles. The summed E-state index contributed by atoms with van der Waals surface area (Å²) in [6.07, 6.45) is 3.42. The zero-order valence-electron chi connectivity index (χ0n) is 16.1. The van der Waals surface area contributed by atoms with Crippen molar-refractivity contribution in [3.8, 4) is 0 Å². The average molecular weight is 412 g/mol. The highest BCUT2D eigenvalue weighted by Gasteiger charge is 2.19. The number of carbonyl (C=O) groups excluding carboxylic acids is 1. The fraction of sp³-hybridized carbons (Fsp3) is 0.238. The number of aryl methyl sites for hydroxylation is 1. The number of rotatable bonds is 9. The van der Waals surface area contributed by atoms with Crippen LogP contribution in [0.1, 0.15) is 35.6 Å². The van der Waals surface area contributed by atoms with E-state index in [0.717, 1.165) is 23.2 Å². The van der Waals surface area contributed by atoms with Crippen LogP contribution in [0.3, 0.4) is 0 Å². The average Bonchev–Trinajstić information content (AvgIpc) is 3.18. The zero-order chi connectivity index (χ0) is 20.6. The second-order valence-electron chi connectivity index (χ2n) is 6.67. The van der Waals surface area contributed by atoms with Crippen molar-refractivity contribution in [3.63, 3.8) is 0 Å². The largest absolute Gasteiger partial charge is 0.755 e. The third kappa shape index (κ3) is 6.27. The molecule has 0 saturated heterocycles. The number of nitrogens with one attached hydrogen (secondary N) is 3. The zero-order valence-corrected chi connectivity index (χ0v) is 16.9. The molecule has 0 aliphatic rings. The summed E-state index contributed by atoms with van der Waals surface area (Å²) >= 11 is -2.36. The predicted octanol–water partition coefficient (Wildman–Crippen LogP) is 2.82. The molecule has 1 aromatic heterocycles. The van der Waals surface area contributed by atoms with Crippen molar-refractivity contribution in [1.82, 2.24) is 15.3 Å². The predicted molar refractivity (Wildman–Crippen MR) is 112 cm³/mol. The maximum Gasteiger partial charge on any atom is 0.225 e. The Morgan fingerprint density at radius 2 is 1.86 bits per heavy atom. The van der Waals surface area contributed by atoms with Gasteiger partial charge in [0.25, 0.3) is 0 Å². The van der Waals surface area contributed by atoms with Gasteiger partial charge in [0.2, 0.25) is 5.91 Å².